The third-order valence-corrected chi connectivity index (χ3v) is 6.13. The number of amides is 1. The number of hydrogen-bond acceptors (Lipinski definition) is 5. The second-order valence-electron chi connectivity index (χ2n) is 6.85. The summed E-state index contributed by atoms with van der Waals surface area (Å²) in [5.41, 5.74) is 1.89. The number of halogens is 1. The quantitative estimate of drug-likeness (QED) is 0.813. The van der Waals surface area contributed by atoms with Crippen molar-refractivity contribution in [2.75, 3.05) is 38.6 Å². The van der Waals surface area contributed by atoms with Crippen LogP contribution in [0.5, 0.6) is 0 Å². The summed E-state index contributed by atoms with van der Waals surface area (Å²) in [5.74, 6) is -0.0562. The van der Waals surface area contributed by atoms with Crippen molar-refractivity contribution in [3.8, 4) is 0 Å². The highest BCUT2D eigenvalue weighted by atomic mass is 35.5. The monoisotopic (exact) mass is 392 g/mol. The van der Waals surface area contributed by atoms with Crippen LogP contribution in [0, 0.1) is 6.92 Å². The molecule has 1 unspecified atom stereocenters. The average molecular weight is 393 g/mol. The Balaban J connectivity index is 1.69. The predicted octanol–water partition coefficient (Wildman–Crippen LogP) is 3.74. The van der Waals surface area contributed by atoms with E-state index in [1.165, 1.54) is 24.2 Å². The highest BCUT2D eigenvalue weighted by Crippen LogP contribution is 2.29. The predicted molar refractivity (Wildman–Crippen MR) is 109 cm³/mol. The van der Waals surface area contributed by atoms with E-state index in [1.54, 1.807) is 0 Å². The summed E-state index contributed by atoms with van der Waals surface area (Å²) in [5, 5.41) is 4.74. The number of carbonyl (C=O) groups is 1. The summed E-state index contributed by atoms with van der Waals surface area (Å²) >= 11 is 7.61. The molecule has 1 amide bonds. The summed E-state index contributed by atoms with van der Waals surface area (Å²) in [7, 11) is 4.00. The van der Waals surface area contributed by atoms with Gasteiger partial charge in [0.15, 0.2) is 5.13 Å². The van der Waals surface area contributed by atoms with Crippen LogP contribution >= 0.6 is 22.9 Å². The number of aromatic nitrogens is 1. The molecule has 140 valence electrons. The molecule has 1 aliphatic rings. The minimum atomic E-state index is -0.0562. The number of anilines is 1. The van der Waals surface area contributed by atoms with E-state index in [1.807, 2.05) is 45.3 Å². The molecule has 5 nitrogen and oxygen atoms in total. The molecule has 1 aromatic carbocycles. The molecule has 3 rings (SSSR count). The van der Waals surface area contributed by atoms with Crippen molar-refractivity contribution in [2.24, 2.45) is 0 Å². The van der Waals surface area contributed by atoms with E-state index in [4.69, 9.17) is 11.6 Å². The molecule has 0 aliphatic carbocycles. The zero-order valence-electron chi connectivity index (χ0n) is 15.5. The maximum atomic E-state index is 12.7. The molecule has 1 atom stereocenters. The van der Waals surface area contributed by atoms with Crippen molar-refractivity contribution in [3.05, 3.63) is 45.4 Å². The van der Waals surface area contributed by atoms with Gasteiger partial charge >= 0.3 is 0 Å². The van der Waals surface area contributed by atoms with E-state index in [0.29, 0.717) is 16.4 Å². The molecule has 0 spiro atoms. The van der Waals surface area contributed by atoms with E-state index >= 15 is 0 Å². The summed E-state index contributed by atoms with van der Waals surface area (Å²) in [6.45, 7) is 4.49. The zero-order valence-corrected chi connectivity index (χ0v) is 17.0. The van der Waals surface area contributed by atoms with Gasteiger partial charge in [0.05, 0.1) is 11.7 Å². The summed E-state index contributed by atoms with van der Waals surface area (Å²) in [4.78, 5) is 22.4. The minimum Gasteiger partial charge on any atom is -0.349 e. The molecule has 2 aromatic rings. The van der Waals surface area contributed by atoms with Crippen LogP contribution in [-0.2, 0) is 0 Å². The van der Waals surface area contributed by atoms with Crippen LogP contribution in [-0.4, -0.2) is 49.5 Å². The number of rotatable bonds is 6. The second kappa shape index (κ2) is 8.37. The Labute approximate surface area is 164 Å². The first-order chi connectivity index (χ1) is 12.5. The number of hydrogen-bond donors (Lipinski definition) is 1. The SMILES string of the molecule is Cc1nc(N2CCCC2)sc1C(=O)NCC(c1cccc(Cl)c1)N(C)C. The largest absolute Gasteiger partial charge is 0.349 e. The summed E-state index contributed by atoms with van der Waals surface area (Å²) in [6.07, 6.45) is 2.40. The number of thiazole rings is 1. The van der Waals surface area contributed by atoms with E-state index in [2.05, 4.69) is 20.1 Å². The van der Waals surface area contributed by atoms with Gasteiger partial charge in [-0.2, -0.15) is 0 Å². The number of nitrogens with one attached hydrogen (secondary N) is 1. The first kappa shape index (κ1) is 19.1. The van der Waals surface area contributed by atoms with E-state index in [0.717, 1.165) is 29.5 Å². The van der Waals surface area contributed by atoms with Crippen molar-refractivity contribution >= 4 is 34.0 Å². The maximum Gasteiger partial charge on any atom is 0.263 e. The van der Waals surface area contributed by atoms with Crippen LogP contribution in [0.4, 0.5) is 5.13 Å². The van der Waals surface area contributed by atoms with Crippen LogP contribution in [0.15, 0.2) is 24.3 Å². The molecule has 1 aliphatic heterocycles. The average Bonchev–Trinajstić information content (AvgIpc) is 3.24. The van der Waals surface area contributed by atoms with Crippen LogP contribution < -0.4 is 10.2 Å². The van der Waals surface area contributed by atoms with E-state index < -0.39 is 0 Å². The van der Waals surface area contributed by atoms with Crippen LogP contribution in [0.25, 0.3) is 0 Å². The number of likely N-dealkylation sites (N-methyl/N-ethyl adjacent to an activating group) is 1. The Bertz CT molecular complexity index is 771. The first-order valence-corrected chi connectivity index (χ1v) is 10.1. The molecular formula is C19H25ClN4OS. The molecule has 0 bridgehead atoms. The van der Waals surface area contributed by atoms with Crippen molar-refractivity contribution in [1.29, 1.82) is 0 Å². The lowest BCUT2D eigenvalue weighted by Gasteiger charge is -2.25. The second-order valence-corrected chi connectivity index (χ2v) is 8.26. The lowest BCUT2D eigenvalue weighted by Crippen LogP contribution is -2.34. The molecule has 1 N–H and O–H groups in total. The number of aryl methyl sites for hydroxylation is 1. The van der Waals surface area contributed by atoms with Crippen molar-refractivity contribution < 1.29 is 4.79 Å². The fourth-order valence-electron chi connectivity index (χ4n) is 3.22. The van der Waals surface area contributed by atoms with Gasteiger partial charge in [-0.3, -0.25) is 4.79 Å². The van der Waals surface area contributed by atoms with E-state index in [9.17, 15) is 4.79 Å². The molecule has 2 heterocycles. The Morgan fingerprint density at radius 1 is 1.38 bits per heavy atom. The number of carbonyl (C=O) groups excluding carboxylic acids is 1. The summed E-state index contributed by atoms with van der Waals surface area (Å²) in [6, 6.07) is 7.83. The Morgan fingerprint density at radius 3 is 2.77 bits per heavy atom. The molecule has 1 fully saturated rings. The molecular weight excluding hydrogens is 368 g/mol. The molecule has 1 saturated heterocycles. The van der Waals surface area contributed by atoms with Crippen molar-refractivity contribution in [1.82, 2.24) is 15.2 Å². The molecule has 0 radical (unpaired) electrons. The van der Waals surface area contributed by atoms with Gasteiger partial charge in [-0.05, 0) is 51.6 Å². The van der Waals surface area contributed by atoms with Gasteiger partial charge in [0.25, 0.3) is 5.91 Å². The highest BCUT2D eigenvalue weighted by molar-refractivity contribution is 7.17. The first-order valence-electron chi connectivity index (χ1n) is 8.88. The lowest BCUT2D eigenvalue weighted by atomic mass is 10.1. The molecule has 26 heavy (non-hydrogen) atoms. The Hall–Kier alpha value is -1.63. The highest BCUT2D eigenvalue weighted by Gasteiger charge is 2.22. The fraction of sp³-hybridized carbons (Fsp3) is 0.474. The fourth-order valence-corrected chi connectivity index (χ4v) is 4.45. The third kappa shape index (κ3) is 4.37. The van der Waals surface area contributed by atoms with Crippen LogP contribution in [0.2, 0.25) is 5.02 Å². The van der Waals surface area contributed by atoms with Crippen molar-refractivity contribution in [2.45, 2.75) is 25.8 Å². The Morgan fingerprint density at radius 2 is 2.12 bits per heavy atom. The van der Waals surface area contributed by atoms with Gasteiger partial charge in [-0.15, -0.1) is 0 Å². The smallest absolute Gasteiger partial charge is 0.263 e. The maximum absolute atomic E-state index is 12.7. The van der Waals surface area contributed by atoms with Gasteiger partial charge in [0.2, 0.25) is 0 Å². The van der Waals surface area contributed by atoms with Crippen molar-refractivity contribution in [3.63, 3.8) is 0 Å². The van der Waals surface area contributed by atoms with Gasteiger partial charge in [-0.25, -0.2) is 4.98 Å². The van der Waals surface area contributed by atoms with Crippen LogP contribution in [0.1, 0.15) is 39.8 Å². The van der Waals surface area contributed by atoms with Gasteiger partial charge in [0, 0.05) is 24.7 Å². The molecule has 1 aromatic heterocycles. The minimum absolute atomic E-state index is 0.0562. The standard InChI is InChI=1S/C19H25ClN4OS/c1-13-17(26-19(22-13)24-9-4-5-10-24)18(25)21-12-16(23(2)3)14-7-6-8-15(20)11-14/h6-8,11,16H,4-5,9-10,12H2,1-3H3,(H,21,25). The lowest BCUT2D eigenvalue weighted by molar-refractivity contribution is 0.0945. The van der Waals surface area contributed by atoms with Gasteiger partial charge in [0.1, 0.15) is 4.88 Å². The summed E-state index contributed by atoms with van der Waals surface area (Å²) < 4.78 is 0. The third-order valence-electron chi connectivity index (χ3n) is 4.68. The normalized spacial score (nSPS) is 15.5. The van der Waals surface area contributed by atoms with Crippen LogP contribution in [0.3, 0.4) is 0 Å². The molecule has 0 saturated carbocycles. The Kier molecular flexibility index (Phi) is 6.16. The van der Waals surface area contributed by atoms with Gasteiger partial charge < -0.3 is 15.1 Å². The zero-order chi connectivity index (χ0) is 18.7. The number of benzene rings is 1. The number of nitrogens with zero attached hydrogens (tertiary/aromatic N) is 3. The van der Waals surface area contributed by atoms with E-state index in [-0.39, 0.29) is 11.9 Å². The topological polar surface area (TPSA) is 48.5 Å². The van der Waals surface area contributed by atoms with Gasteiger partial charge in [-0.1, -0.05) is 35.1 Å². The molecule has 7 heteroatoms.